The second-order valence-corrected chi connectivity index (χ2v) is 5.33. The summed E-state index contributed by atoms with van der Waals surface area (Å²) in [5.41, 5.74) is 2.57. The third-order valence-electron chi connectivity index (χ3n) is 3.77. The van der Waals surface area contributed by atoms with E-state index in [-0.39, 0.29) is 23.8 Å². The Kier molecular flexibility index (Phi) is 5.20. The second-order valence-electron chi connectivity index (χ2n) is 5.33. The van der Waals surface area contributed by atoms with Crippen LogP contribution in [0, 0.1) is 0 Å². The van der Waals surface area contributed by atoms with E-state index in [4.69, 9.17) is 5.11 Å². The molecular formula is C17H19BO4. The van der Waals surface area contributed by atoms with Gasteiger partial charge in [-0.05, 0) is 0 Å². The Balaban J connectivity index is 2.44. The summed E-state index contributed by atoms with van der Waals surface area (Å²) < 4.78 is 0. The van der Waals surface area contributed by atoms with Crippen molar-refractivity contribution < 1.29 is 20.1 Å². The number of hydrogen-bond donors (Lipinski definition) is 3. The number of carboxylic acid groups (broad SMARTS) is 1. The first kappa shape index (κ1) is 16.1. The van der Waals surface area contributed by atoms with Crippen LogP contribution >= 0.6 is 0 Å². The van der Waals surface area contributed by atoms with Gasteiger partial charge >= 0.3 is 130 Å². The number of aliphatic carboxylic acids is 1. The maximum absolute atomic E-state index is 10.8. The Bertz CT molecular complexity index is 659. The molecule has 3 N–H and O–H groups in total. The Morgan fingerprint density at radius 2 is 2.09 bits per heavy atom. The topological polar surface area (TPSA) is 77.8 Å². The van der Waals surface area contributed by atoms with Gasteiger partial charge in [0.15, 0.2) is 0 Å². The molecule has 0 spiro atoms. The number of phenolic OH excluding ortho intramolecular Hbond substituents is 1. The van der Waals surface area contributed by atoms with Crippen molar-refractivity contribution >= 4 is 24.9 Å². The van der Waals surface area contributed by atoms with Crippen molar-refractivity contribution in [3.05, 3.63) is 46.6 Å². The third kappa shape index (κ3) is 3.67. The second kappa shape index (κ2) is 7.12. The Labute approximate surface area is 130 Å². The van der Waals surface area contributed by atoms with Crippen molar-refractivity contribution in [1.29, 1.82) is 0 Å². The van der Waals surface area contributed by atoms with Crippen LogP contribution < -0.4 is 0 Å². The summed E-state index contributed by atoms with van der Waals surface area (Å²) in [5, 5.41) is 28.9. The SMILES string of the molecule is CC=BC1=C(O)C=Cc2ccc(O)cc2C1CCCC(=O)O. The van der Waals surface area contributed by atoms with Crippen LogP contribution in [-0.4, -0.2) is 34.2 Å². The maximum atomic E-state index is 10.8. The normalized spacial score (nSPS) is 17.2. The first-order valence-corrected chi connectivity index (χ1v) is 7.31. The quantitative estimate of drug-likeness (QED) is 0.730. The van der Waals surface area contributed by atoms with Crippen LogP contribution in [0.5, 0.6) is 5.75 Å². The molecule has 4 nitrogen and oxygen atoms in total. The molecule has 0 radical (unpaired) electrons. The van der Waals surface area contributed by atoms with E-state index < -0.39 is 5.97 Å². The number of allylic oxidation sites excluding steroid dienone is 2. The van der Waals surface area contributed by atoms with E-state index in [1.54, 1.807) is 24.3 Å². The van der Waals surface area contributed by atoms with E-state index in [1.807, 2.05) is 25.9 Å². The van der Waals surface area contributed by atoms with E-state index in [1.165, 1.54) is 0 Å². The number of rotatable bonds is 5. The molecule has 5 heteroatoms. The van der Waals surface area contributed by atoms with Crippen molar-refractivity contribution in [3.8, 4) is 5.75 Å². The van der Waals surface area contributed by atoms with Gasteiger partial charge < -0.3 is 0 Å². The fraction of sp³-hybridized carbons (Fsp3) is 0.294. The summed E-state index contributed by atoms with van der Waals surface area (Å²) in [6.45, 7) is 3.71. The minimum atomic E-state index is -0.830. The number of carbonyl (C=O) groups is 1. The minimum absolute atomic E-state index is 0.0853. The Morgan fingerprint density at radius 1 is 1.32 bits per heavy atom. The van der Waals surface area contributed by atoms with Crippen molar-refractivity contribution in [2.75, 3.05) is 0 Å². The summed E-state index contributed by atoms with van der Waals surface area (Å²) in [6, 6.07) is 5.10. The molecule has 1 aromatic carbocycles. The molecular weight excluding hydrogens is 279 g/mol. The molecule has 0 saturated carbocycles. The number of carboxylic acids is 1. The fourth-order valence-corrected chi connectivity index (χ4v) is 2.78. The average Bonchev–Trinajstić information content (AvgIpc) is 2.59. The van der Waals surface area contributed by atoms with Crippen LogP contribution in [0.25, 0.3) is 6.08 Å². The van der Waals surface area contributed by atoms with Crippen molar-refractivity contribution in [1.82, 2.24) is 0 Å². The molecule has 1 unspecified atom stereocenters. The van der Waals surface area contributed by atoms with Crippen LogP contribution in [0.4, 0.5) is 0 Å². The summed E-state index contributed by atoms with van der Waals surface area (Å²) >= 11 is 0. The zero-order valence-electron chi connectivity index (χ0n) is 12.5. The summed E-state index contributed by atoms with van der Waals surface area (Å²) in [5.74, 6) is 1.21. The van der Waals surface area contributed by atoms with Gasteiger partial charge in [-0.3, -0.25) is 0 Å². The molecule has 0 fully saturated rings. The molecule has 0 bridgehead atoms. The number of fused-ring (bicyclic) bond motifs is 1. The van der Waals surface area contributed by atoms with E-state index in [9.17, 15) is 15.0 Å². The number of hydrogen-bond acceptors (Lipinski definition) is 3. The van der Waals surface area contributed by atoms with Crippen LogP contribution in [0.15, 0.2) is 35.5 Å². The van der Waals surface area contributed by atoms with Crippen LogP contribution in [-0.2, 0) is 4.79 Å². The molecule has 1 atom stereocenters. The van der Waals surface area contributed by atoms with E-state index >= 15 is 0 Å². The number of aliphatic hydroxyl groups is 1. The summed E-state index contributed by atoms with van der Waals surface area (Å²) in [6.07, 6.45) is 4.63. The summed E-state index contributed by atoms with van der Waals surface area (Å²) in [7, 11) is 0. The van der Waals surface area contributed by atoms with Crippen LogP contribution in [0.3, 0.4) is 0 Å². The van der Waals surface area contributed by atoms with Crippen molar-refractivity contribution in [2.45, 2.75) is 32.1 Å². The predicted molar refractivity (Wildman–Crippen MR) is 88.5 cm³/mol. The molecule has 1 aliphatic carbocycles. The Hall–Kier alpha value is -2.30. The zero-order valence-corrected chi connectivity index (χ0v) is 12.5. The number of aliphatic hydroxyl groups excluding tert-OH is 1. The Morgan fingerprint density at radius 3 is 2.77 bits per heavy atom. The molecule has 114 valence electrons. The van der Waals surface area contributed by atoms with E-state index in [0.29, 0.717) is 12.8 Å². The average molecular weight is 298 g/mol. The van der Waals surface area contributed by atoms with Gasteiger partial charge in [-0.2, -0.15) is 0 Å². The molecule has 0 saturated heterocycles. The fourth-order valence-electron chi connectivity index (χ4n) is 2.78. The van der Waals surface area contributed by atoms with Crippen molar-refractivity contribution in [3.63, 3.8) is 0 Å². The van der Waals surface area contributed by atoms with Gasteiger partial charge in [0.1, 0.15) is 0 Å². The van der Waals surface area contributed by atoms with Gasteiger partial charge in [0.05, 0.1) is 0 Å². The first-order chi connectivity index (χ1) is 10.5. The first-order valence-electron chi connectivity index (χ1n) is 7.31. The van der Waals surface area contributed by atoms with Gasteiger partial charge in [0.2, 0.25) is 0 Å². The van der Waals surface area contributed by atoms with Gasteiger partial charge in [-0.25, -0.2) is 0 Å². The van der Waals surface area contributed by atoms with Gasteiger partial charge in [-0.15, -0.1) is 0 Å². The standard InChI is InChI=1S/C17H19BO4/c1-2-18-17-13(4-3-5-16(21)22)14-10-12(19)8-6-11(14)7-9-15(17)20/h2,6-10,13,19-20H,3-5H2,1H3,(H,21,22). The van der Waals surface area contributed by atoms with Crippen LogP contribution in [0.1, 0.15) is 43.2 Å². The zero-order chi connectivity index (χ0) is 16.1. The molecule has 0 aromatic heterocycles. The number of benzene rings is 1. The monoisotopic (exact) mass is 298 g/mol. The van der Waals surface area contributed by atoms with Gasteiger partial charge in [-0.1, -0.05) is 0 Å². The van der Waals surface area contributed by atoms with Crippen LogP contribution in [0.2, 0.25) is 0 Å². The van der Waals surface area contributed by atoms with Gasteiger partial charge in [0, 0.05) is 0 Å². The molecule has 2 rings (SSSR count). The molecule has 0 amide bonds. The summed E-state index contributed by atoms with van der Waals surface area (Å²) in [4.78, 5) is 10.8. The van der Waals surface area contributed by atoms with Gasteiger partial charge in [0.25, 0.3) is 0 Å². The van der Waals surface area contributed by atoms with Crippen molar-refractivity contribution in [2.24, 2.45) is 0 Å². The third-order valence-corrected chi connectivity index (χ3v) is 3.77. The molecule has 1 aromatic rings. The molecule has 0 heterocycles. The molecule has 22 heavy (non-hydrogen) atoms. The molecule has 1 aliphatic rings. The molecule has 0 aliphatic heterocycles. The number of aromatic hydroxyl groups is 1. The number of phenols is 1. The van der Waals surface area contributed by atoms with E-state index in [0.717, 1.165) is 16.6 Å². The predicted octanol–water partition coefficient (Wildman–Crippen LogP) is 3.05. The van der Waals surface area contributed by atoms with E-state index in [2.05, 4.69) is 0 Å².